The molecule has 0 aliphatic heterocycles. The summed E-state index contributed by atoms with van der Waals surface area (Å²) in [6, 6.07) is 6.23. The number of nitrogens with one attached hydrogen (secondary N) is 1. The summed E-state index contributed by atoms with van der Waals surface area (Å²) in [4.78, 5) is 26.2. The number of hydrogen-bond acceptors (Lipinski definition) is 4. The van der Waals surface area contributed by atoms with E-state index in [-0.39, 0.29) is 23.4 Å². The van der Waals surface area contributed by atoms with E-state index < -0.39 is 0 Å². The average molecular weight is 370 g/mol. The molecule has 1 aromatic heterocycles. The second-order valence-electron chi connectivity index (χ2n) is 5.22. The summed E-state index contributed by atoms with van der Waals surface area (Å²) < 4.78 is 4.89. The zero-order valence-electron chi connectivity index (χ0n) is 13.3. The predicted octanol–water partition coefficient (Wildman–Crippen LogP) is 3.78. The Bertz CT molecular complexity index is 746. The number of benzene rings is 1. The number of amides is 2. The molecule has 8 heteroatoms. The van der Waals surface area contributed by atoms with Gasteiger partial charge < -0.3 is 14.7 Å². The van der Waals surface area contributed by atoms with E-state index in [2.05, 4.69) is 10.5 Å². The molecule has 0 saturated heterocycles. The van der Waals surface area contributed by atoms with E-state index in [0.29, 0.717) is 35.1 Å². The molecule has 24 heavy (non-hydrogen) atoms. The predicted molar refractivity (Wildman–Crippen MR) is 92.5 cm³/mol. The molecule has 0 atom stereocenters. The molecule has 0 unspecified atom stereocenters. The highest BCUT2D eigenvalue weighted by Gasteiger charge is 2.21. The molecule has 1 N–H and O–H groups in total. The van der Waals surface area contributed by atoms with E-state index in [1.54, 1.807) is 25.1 Å². The van der Waals surface area contributed by atoms with E-state index in [9.17, 15) is 9.59 Å². The topological polar surface area (TPSA) is 75.4 Å². The van der Waals surface area contributed by atoms with Gasteiger partial charge in [-0.25, -0.2) is 0 Å². The summed E-state index contributed by atoms with van der Waals surface area (Å²) in [6.45, 7) is 3.95. The third-order valence-corrected chi connectivity index (χ3v) is 3.72. The van der Waals surface area contributed by atoms with Crippen LogP contribution < -0.4 is 5.32 Å². The highest BCUT2D eigenvalue weighted by Crippen LogP contribution is 2.22. The van der Waals surface area contributed by atoms with Gasteiger partial charge in [-0.15, -0.1) is 0 Å². The maximum atomic E-state index is 12.6. The smallest absolute Gasteiger partial charge is 0.255 e. The minimum Gasteiger partial charge on any atom is -0.360 e. The fourth-order valence-corrected chi connectivity index (χ4v) is 2.63. The van der Waals surface area contributed by atoms with Gasteiger partial charge in [0.2, 0.25) is 5.91 Å². The molecule has 0 aliphatic rings. The van der Waals surface area contributed by atoms with Gasteiger partial charge in [0.15, 0.2) is 5.82 Å². The molecule has 2 rings (SSSR count). The molecule has 1 aromatic carbocycles. The van der Waals surface area contributed by atoms with E-state index in [4.69, 9.17) is 27.7 Å². The third kappa shape index (κ3) is 4.72. The van der Waals surface area contributed by atoms with Crippen LogP contribution in [0.3, 0.4) is 0 Å². The SMILES string of the molecule is CCCN(CC(=O)Nc1cc(C)on1)C(=O)c1ccc(Cl)cc1Cl. The van der Waals surface area contributed by atoms with Crippen molar-refractivity contribution in [3.8, 4) is 0 Å². The molecule has 2 aromatic rings. The summed E-state index contributed by atoms with van der Waals surface area (Å²) in [5.74, 6) is 0.200. The molecule has 0 aliphatic carbocycles. The van der Waals surface area contributed by atoms with Crippen LogP contribution in [0.25, 0.3) is 0 Å². The van der Waals surface area contributed by atoms with E-state index in [1.807, 2.05) is 6.92 Å². The lowest BCUT2D eigenvalue weighted by Crippen LogP contribution is -2.38. The lowest BCUT2D eigenvalue weighted by molar-refractivity contribution is -0.116. The maximum absolute atomic E-state index is 12.6. The quantitative estimate of drug-likeness (QED) is 0.840. The molecule has 2 amide bonds. The highest BCUT2D eigenvalue weighted by atomic mass is 35.5. The van der Waals surface area contributed by atoms with Gasteiger partial charge in [0.1, 0.15) is 12.3 Å². The zero-order valence-corrected chi connectivity index (χ0v) is 14.8. The fraction of sp³-hybridized carbons (Fsp3) is 0.312. The van der Waals surface area contributed by atoms with Gasteiger partial charge in [0.25, 0.3) is 5.91 Å². The number of aryl methyl sites for hydroxylation is 1. The minimum absolute atomic E-state index is 0.114. The van der Waals surface area contributed by atoms with Crippen molar-refractivity contribution in [3.63, 3.8) is 0 Å². The normalized spacial score (nSPS) is 10.5. The van der Waals surface area contributed by atoms with Crippen LogP contribution in [0.1, 0.15) is 29.5 Å². The van der Waals surface area contributed by atoms with Crippen molar-refractivity contribution in [2.75, 3.05) is 18.4 Å². The van der Waals surface area contributed by atoms with Crippen molar-refractivity contribution in [2.45, 2.75) is 20.3 Å². The zero-order chi connectivity index (χ0) is 17.7. The van der Waals surface area contributed by atoms with Gasteiger partial charge in [0.05, 0.1) is 10.6 Å². The lowest BCUT2D eigenvalue weighted by atomic mass is 10.2. The largest absolute Gasteiger partial charge is 0.360 e. The number of anilines is 1. The van der Waals surface area contributed by atoms with Gasteiger partial charge in [-0.3, -0.25) is 9.59 Å². The number of aromatic nitrogens is 1. The molecule has 0 fully saturated rings. The van der Waals surface area contributed by atoms with Crippen LogP contribution in [-0.2, 0) is 4.79 Å². The number of nitrogens with zero attached hydrogens (tertiary/aromatic N) is 2. The monoisotopic (exact) mass is 369 g/mol. The Morgan fingerprint density at radius 1 is 1.29 bits per heavy atom. The van der Waals surface area contributed by atoms with Crippen LogP contribution in [0.4, 0.5) is 5.82 Å². The van der Waals surface area contributed by atoms with Crippen molar-refractivity contribution in [2.24, 2.45) is 0 Å². The van der Waals surface area contributed by atoms with Gasteiger partial charge in [0, 0.05) is 17.6 Å². The first-order valence-electron chi connectivity index (χ1n) is 7.38. The Kier molecular flexibility index (Phi) is 6.23. The first kappa shape index (κ1) is 18.3. The average Bonchev–Trinajstić information content (AvgIpc) is 2.91. The summed E-state index contributed by atoms with van der Waals surface area (Å²) in [5.41, 5.74) is 0.305. The molecule has 0 radical (unpaired) electrons. The van der Waals surface area contributed by atoms with Crippen molar-refractivity contribution in [3.05, 3.63) is 45.6 Å². The first-order chi connectivity index (χ1) is 11.4. The number of carbonyl (C=O) groups excluding carboxylic acids is 2. The van der Waals surface area contributed by atoms with Crippen LogP contribution >= 0.6 is 23.2 Å². The van der Waals surface area contributed by atoms with Crippen molar-refractivity contribution in [1.29, 1.82) is 0 Å². The molecule has 0 saturated carbocycles. The second kappa shape index (κ2) is 8.17. The Labute approximate surface area is 149 Å². The van der Waals surface area contributed by atoms with Crippen LogP contribution in [0, 0.1) is 6.92 Å². The van der Waals surface area contributed by atoms with Crippen molar-refractivity contribution >= 4 is 40.8 Å². The van der Waals surface area contributed by atoms with Crippen LogP contribution in [0.15, 0.2) is 28.8 Å². The summed E-state index contributed by atoms with van der Waals surface area (Å²) >= 11 is 11.9. The lowest BCUT2D eigenvalue weighted by Gasteiger charge is -2.22. The summed E-state index contributed by atoms with van der Waals surface area (Å²) in [7, 11) is 0. The summed E-state index contributed by atoms with van der Waals surface area (Å²) in [6.07, 6.45) is 0.702. The Balaban J connectivity index is 2.10. The molecular weight excluding hydrogens is 353 g/mol. The third-order valence-electron chi connectivity index (χ3n) is 3.17. The van der Waals surface area contributed by atoms with Crippen LogP contribution in [0.2, 0.25) is 10.0 Å². The maximum Gasteiger partial charge on any atom is 0.255 e. The molecule has 0 bridgehead atoms. The van der Waals surface area contributed by atoms with Crippen molar-refractivity contribution < 1.29 is 14.1 Å². The fourth-order valence-electron chi connectivity index (χ4n) is 2.14. The minimum atomic E-state index is -0.366. The first-order valence-corrected chi connectivity index (χ1v) is 8.13. The van der Waals surface area contributed by atoms with Crippen LogP contribution in [0.5, 0.6) is 0 Å². The van der Waals surface area contributed by atoms with Gasteiger partial charge in [-0.1, -0.05) is 35.3 Å². The van der Waals surface area contributed by atoms with E-state index in [0.717, 1.165) is 0 Å². The molecule has 128 valence electrons. The Morgan fingerprint density at radius 2 is 2.04 bits per heavy atom. The van der Waals surface area contributed by atoms with Gasteiger partial charge >= 0.3 is 0 Å². The number of carbonyl (C=O) groups is 2. The number of halogens is 2. The highest BCUT2D eigenvalue weighted by molar-refractivity contribution is 6.36. The molecule has 1 heterocycles. The van der Waals surface area contributed by atoms with Crippen LogP contribution in [-0.4, -0.2) is 35.0 Å². The number of rotatable bonds is 6. The van der Waals surface area contributed by atoms with E-state index >= 15 is 0 Å². The molecule has 0 spiro atoms. The summed E-state index contributed by atoms with van der Waals surface area (Å²) in [5, 5.41) is 6.97. The van der Waals surface area contributed by atoms with Gasteiger partial charge in [-0.05, 0) is 31.5 Å². The van der Waals surface area contributed by atoms with Crippen molar-refractivity contribution in [1.82, 2.24) is 10.1 Å². The standard InChI is InChI=1S/C16H17Cl2N3O3/c1-3-6-21(9-15(22)19-14-7-10(2)24-20-14)16(23)12-5-4-11(17)8-13(12)18/h4-5,7-8H,3,6,9H2,1-2H3,(H,19,20,22). The molecule has 6 nitrogen and oxygen atoms in total. The Hall–Kier alpha value is -2.05. The van der Waals surface area contributed by atoms with E-state index in [1.165, 1.54) is 11.0 Å². The molecular formula is C16H17Cl2N3O3. The van der Waals surface area contributed by atoms with Gasteiger partial charge in [-0.2, -0.15) is 0 Å². The second-order valence-corrected chi connectivity index (χ2v) is 6.07. The Morgan fingerprint density at radius 3 is 2.62 bits per heavy atom. The number of hydrogen-bond donors (Lipinski definition) is 1.